The summed E-state index contributed by atoms with van der Waals surface area (Å²) < 4.78 is 26.4. The minimum Gasteiger partial charge on any atom is -0.272 e. The topological polar surface area (TPSA) is 76.3 Å². The van der Waals surface area contributed by atoms with Crippen LogP contribution in [0.15, 0.2) is 40.5 Å². The van der Waals surface area contributed by atoms with Crippen LogP contribution in [0.4, 0.5) is 0 Å². The van der Waals surface area contributed by atoms with Gasteiger partial charge in [0.05, 0.1) is 16.8 Å². The van der Waals surface area contributed by atoms with E-state index in [9.17, 15) is 8.42 Å². The van der Waals surface area contributed by atoms with E-state index >= 15 is 0 Å². The maximum Gasteiger partial charge on any atom is 0.276 e. The number of benzene rings is 1. The van der Waals surface area contributed by atoms with Gasteiger partial charge in [0.2, 0.25) is 0 Å². The minimum absolute atomic E-state index is 0.210. The number of hydrogen-bond donors (Lipinski definition) is 1. The van der Waals surface area contributed by atoms with Crippen molar-refractivity contribution in [1.29, 1.82) is 0 Å². The van der Waals surface area contributed by atoms with Crippen molar-refractivity contribution in [3.8, 4) is 0 Å². The van der Waals surface area contributed by atoms with E-state index < -0.39 is 10.0 Å². The van der Waals surface area contributed by atoms with Crippen molar-refractivity contribution in [2.75, 3.05) is 0 Å². The Labute approximate surface area is 143 Å². The highest BCUT2D eigenvalue weighted by Crippen LogP contribution is 2.13. The summed E-state index contributed by atoms with van der Waals surface area (Å²) in [7, 11) is -1.84. The fourth-order valence-electron chi connectivity index (χ4n) is 2.31. The molecule has 0 saturated carbocycles. The second-order valence-electron chi connectivity index (χ2n) is 5.81. The summed E-state index contributed by atoms with van der Waals surface area (Å²) in [5.74, 6) is 0. The first-order valence-electron chi connectivity index (χ1n) is 7.99. The lowest BCUT2D eigenvalue weighted by atomic mass is 10.1. The Morgan fingerprint density at radius 2 is 1.96 bits per heavy atom. The van der Waals surface area contributed by atoms with Gasteiger partial charge in [-0.05, 0) is 44.4 Å². The third-order valence-electron chi connectivity index (χ3n) is 4.01. The van der Waals surface area contributed by atoms with Crippen LogP contribution in [0, 0.1) is 6.92 Å². The van der Waals surface area contributed by atoms with Gasteiger partial charge in [0.25, 0.3) is 10.0 Å². The van der Waals surface area contributed by atoms with Crippen LogP contribution < -0.4 is 4.83 Å². The normalized spacial score (nSPS) is 12.4. The molecule has 0 saturated heterocycles. The number of hydrazone groups is 1. The lowest BCUT2D eigenvalue weighted by Gasteiger charge is -2.06. The van der Waals surface area contributed by atoms with Crippen molar-refractivity contribution < 1.29 is 8.42 Å². The van der Waals surface area contributed by atoms with Gasteiger partial charge in [0, 0.05) is 18.3 Å². The summed E-state index contributed by atoms with van der Waals surface area (Å²) in [5.41, 5.74) is 3.45. The highest BCUT2D eigenvalue weighted by atomic mass is 32.2. The Balaban J connectivity index is 2.13. The van der Waals surface area contributed by atoms with Crippen molar-refractivity contribution in [2.24, 2.45) is 12.1 Å². The highest BCUT2D eigenvalue weighted by molar-refractivity contribution is 7.89. The standard InChI is InChI=1S/C17H24N4O2S/c1-5-6-7-15-8-10-16(11-9-15)24(22,23)20-19-13(2)17-12-18-21(4)14(17)3/h8-12,20H,5-7H2,1-4H3/b19-13-. The zero-order valence-electron chi connectivity index (χ0n) is 14.6. The summed E-state index contributed by atoms with van der Waals surface area (Å²) in [6.45, 7) is 5.79. The van der Waals surface area contributed by atoms with E-state index in [-0.39, 0.29) is 4.90 Å². The number of nitrogens with zero attached hydrogens (tertiary/aromatic N) is 3. The SMILES string of the molecule is CCCCc1ccc(S(=O)(=O)N/N=C(/C)c2cnn(C)c2C)cc1. The predicted octanol–water partition coefficient (Wildman–Crippen LogP) is 2.77. The summed E-state index contributed by atoms with van der Waals surface area (Å²) in [5, 5.41) is 8.15. The molecule has 7 heteroatoms. The monoisotopic (exact) mass is 348 g/mol. The van der Waals surface area contributed by atoms with Crippen LogP contribution in [-0.4, -0.2) is 23.9 Å². The molecule has 1 heterocycles. The quantitative estimate of drug-likeness (QED) is 0.617. The molecule has 0 aliphatic heterocycles. The zero-order valence-corrected chi connectivity index (χ0v) is 15.4. The summed E-state index contributed by atoms with van der Waals surface area (Å²) in [6, 6.07) is 6.94. The zero-order chi connectivity index (χ0) is 17.7. The van der Waals surface area contributed by atoms with Gasteiger partial charge in [-0.3, -0.25) is 4.68 Å². The number of unbranched alkanes of at least 4 members (excludes halogenated alkanes) is 1. The fraction of sp³-hybridized carbons (Fsp3) is 0.412. The number of hydrogen-bond acceptors (Lipinski definition) is 4. The molecule has 0 unspecified atom stereocenters. The molecule has 0 aliphatic carbocycles. The molecule has 1 aromatic carbocycles. The largest absolute Gasteiger partial charge is 0.276 e. The van der Waals surface area contributed by atoms with Crippen LogP contribution >= 0.6 is 0 Å². The molecule has 24 heavy (non-hydrogen) atoms. The molecular formula is C17H24N4O2S. The molecule has 2 rings (SSSR count). The van der Waals surface area contributed by atoms with Gasteiger partial charge in [0.15, 0.2) is 0 Å². The Kier molecular flexibility index (Phi) is 5.77. The van der Waals surface area contributed by atoms with E-state index in [1.807, 2.05) is 26.1 Å². The average Bonchev–Trinajstić information content (AvgIpc) is 2.90. The average molecular weight is 348 g/mol. The first-order chi connectivity index (χ1) is 11.3. The molecule has 0 amide bonds. The molecule has 0 radical (unpaired) electrons. The Bertz CT molecular complexity index is 821. The molecule has 0 bridgehead atoms. The third-order valence-corrected chi connectivity index (χ3v) is 5.24. The summed E-state index contributed by atoms with van der Waals surface area (Å²) in [4.78, 5) is 2.51. The highest BCUT2D eigenvalue weighted by Gasteiger charge is 2.14. The lowest BCUT2D eigenvalue weighted by molar-refractivity contribution is 0.584. The van der Waals surface area contributed by atoms with E-state index in [4.69, 9.17) is 0 Å². The van der Waals surface area contributed by atoms with Crippen LogP contribution in [0.1, 0.15) is 43.5 Å². The summed E-state index contributed by atoms with van der Waals surface area (Å²) >= 11 is 0. The second-order valence-corrected chi connectivity index (χ2v) is 7.47. The molecule has 130 valence electrons. The van der Waals surface area contributed by atoms with Crippen molar-refractivity contribution in [3.63, 3.8) is 0 Å². The second kappa shape index (κ2) is 7.61. The molecule has 1 aromatic heterocycles. The van der Waals surface area contributed by atoms with Crippen LogP contribution in [0.3, 0.4) is 0 Å². The van der Waals surface area contributed by atoms with Crippen LogP contribution in [0.2, 0.25) is 0 Å². The van der Waals surface area contributed by atoms with Gasteiger partial charge in [-0.1, -0.05) is 25.5 Å². The van der Waals surface area contributed by atoms with E-state index in [0.29, 0.717) is 5.71 Å². The maximum atomic E-state index is 12.3. The number of nitrogens with one attached hydrogen (secondary N) is 1. The van der Waals surface area contributed by atoms with Crippen LogP contribution in [0.5, 0.6) is 0 Å². The van der Waals surface area contributed by atoms with Crippen LogP contribution in [-0.2, 0) is 23.5 Å². The van der Waals surface area contributed by atoms with Gasteiger partial charge in [-0.15, -0.1) is 0 Å². The molecule has 1 N–H and O–H groups in total. The van der Waals surface area contributed by atoms with Crippen molar-refractivity contribution in [1.82, 2.24) is 14.6 Å². The Morgan fingerprint density at radius 3 is 2.50 bits per heavy atom. The van der Waals surface area contributed by atoms with Gasteiger partial charge in [0.1, 0.15) is 0 Å². The van der Waals surface area contributed by atoms with Crippen LogP contribution in [0.25, 0.3) is 0 Å². The van der Waals surface area contributed by atoms with Gasteiger partial charge >= 0.3 is 0 Å². The van der Waals surface area contributed by atoms with E-state index in [1.165, 1.54) is 0 Å². The molecule has 0 atom stereocenters. The predicted molar refractivity (Wildman–Crippen MR) is 95.5 cm³/mol. The minimum atomic E-state index is -3.67. The maximum absolute atomic E-state index is 12.3. The molecule has 0 spiro atoms. The Morgan fingerprint density at radius 1 is 1.29 bits per heavy atom. The van der Waals surface area contributed by atoms with Crippen molar-refractivity contribution >= 4 is 15.7 Å². The molecule has 0 aliphatic rings. The number of aromatic nitrogens is 2. The first kappa shape index (κ1) is 18.2. The number of sulfonamides is 1. The van der Waals surface area contributed by atoms with Gasteiger partial charge in [-0.2, -0.15) is 23.4 Å². The summed E-state index contributed by atoms with van der Waals surface area (Å²) in [6.07, 6.45) is 4.84. The molecular weight excluding hydrogens is 324 g/mol. The van der Waals surface area contributed by atoms with E-state index in [2.05, 4.69) is 22.0 Å². The molecule has 0 fully saturated rings. The lowest BCUT2D eigenvalue weighted by Crippen LogP contribution is -2.20. The fourth-order valence-corrected chi connectivity index (χ4v) is 3.17. The molecule has 2 aromatic rings. The van der Waals surface area contributed by atoms with E-state index in [1.54, 1.807) is 29.9 Å². The van der Waals surface area contributed by atoms with E-state index in [0.717, 1.165) is 36.1 Å². The van der Waals surface area contributed by atoms with Gasteiger partial charge < -0.3 is 0 Å². The van der Waals surface area contributed by atoms with Crippen molar-refractivity contribution in [3.05, 3.63) is 47.3 Å². The Hall–Kier alpha value is -2.15. The molecule has 6 nitrogen and oxygen atoms in total. The third kappa shape index (κ3) is 4.23. The number of rotatable bonds is 7. The first-order valence-corrected chi connectivity index (χ1v) is 9.47. The van der Waals surface area contributed by atoms with Gasteiger partial charge in [-0.25, -0.2) is 0 Å². The smallest absolute Gasteiger partial charge is 0.272 e. The van der Waals surface area contributed by atoms with Crippen molar-refractivity contribution in [2.45, 2.75) is 44.9 Å². The number of aryl methyl sites for hydroxylation is 2.